The summed E-state index contributed by atoms with van der Waals surface area (Å²) < 4.78 is 10.2. The molecule has 0 aromatic rings. The van der Waals surface area contributed by atoms with Crippen LogP contribution in [0.15, 0.2) is 5.11 Å². The van der Waals surface area contributed by atoms with Crippen LogP contribution in [0.25, 0.3) is 10.4 Å². The molecule has 1 saturated heterocycles. The number of hydrogen-bond donors (Lipinski definition) is 0. The van der Waals surface area contributed by atoms with E-state index in [4.69, 9.17) is 15.0 Å². The number of amides is 1. The Morgan fingerprint density at radius 2 is 2.10 bits per heavy atom. The van der Waals surface area contributed by atoms with E-state index in [1.807, 2.05) is 0 Å². The van der Waals surface area contributed by atoms with E-state index in [1.54, 1.807) is 27.7 Å². The van der Waals surface area contributed by atoms with Gasteiger partial charge in [-0.25, -0.2) is 9.59 Å². The average molecular weight is 284 g/mol. The molecule has 8 heteroatoms. The Bertz CT molecular complexity index is 426. The van der Waals surface area contributed by atoms with Crippen molar-refractivity contribution in [2.24, 2.45) is 5.11 Å². The van der Waals surface area contributed by atoms with Crippen molar-refractivity contribution in [3.8, 4) is 0 Å². The van der Waals surface area contributed by atoms with Crippen molar-refractivity contribution in [2.45, 2.75) is 51.8 Å². The first kappa shape index (κ1) is 16.1. The van der Waals surface area contributed by atoms with Gasteiger partial charge in [0.25, 0.3) is 0 Å². The Morgan fingerprint density at radius 3 is 2.60 bits per heavy atom. The van der Waals surface area contributed by atoms with Crippen molar-refractivity contribution in [3.63, 3.8) is 0 Å². The number of likely N-dealkylation sites (tertiary alicyclic amines) is 1. The Labute approximate surface area is 117 Å². The fourth-order valence-corrected chi connectivity index (χ4v) is 1.95. The van der Waals surface area contributed by atoms with Gasteiger partial charge in [0.15, 0.2) is 0 Å². The smallest absolute Gasteiger partial charge is 0.411 e. The topological polar surface area (TPSA) is 105 Å². The fraction of sp³-hybridized carbons (Fsp3) is 0.833. The zero-order valence-electron chi connectivity index (χ0n) is 12.2. The molecule has 0 aromatic heterocycles. The maximum Gasteiger partial charge on any atom is 0.411 e. The molecule has 8 nitrogen and oxygen atoms in total. The molecule has 0 aromatic carbocycles. The Kier molecular flexibility index (Phi) is 5.21. The van der Waals surface area contributed by atoms with Crippen LogP contribution in [0.4, 0.5) is 4.79 Å². The molecule has 0 radical (unpaired) electrons. The van der Waals surface area contributed by atoms with Gasteiger partial charge in [-0.1, -0.05) is 5.11 Å². The summed E-state index contributed by atoms with van der Waals surface area (Å²) in [6.45, 7) is 7.30. The molecule has 1 unspecified atom stereocenters. The normalized spacial score (nSPS) is 22.1. The summed E-state index contributed by atoms with van der Waals surface area (Å²) in [4.78, 5) is 27.9. The standard InChI is InChI=1S/C12H20N4O4/c1-5-19-10(17)9-6-8(14-15-13)7-16(9)11(18)20-12(2,3)4/h8-9H,5-7H2,1-4H3/t8?,9-/m0/s1. The summed E-state index contributed by atoms with van der Waals surface area (Å²) in [6.07, 6.45) is -0.353. The predicted octanol–water partition coefficient (Wildman–Crippen LogP) is 2.24. The number of carbonyl (C=O) groups excluding carboxylic acids is 2. The monoisotopic (exact) mass is 284 g/mol. The third kappa shape index (κ3) is 4.31. The van der Waals surface area contributed by atoms with Gasteiger partial charge in [-0.3, -0.25) is 4.90 Å². The highest BCUT2D eigenvalue weighted by Crippen LogP contribution is 2.24. The van der Waals surface area contributed by atoms with Gasteiger partial charge in [0.05, 0.1) is 12.6 Å². The zero-order chi connectivity index (χ0) is 15.3. The average Bonchev–Trinajstić information content (AvgIpc) is 2.72. The minimum Gasteiger partial charge on any atom is -0.464 e. The molecule has 1 fully saturated rings. The van der Waals surface area contributed by atoms with Crippen molar-refractivity contribution >= 4 is 12.1 Å². The third-order valence-corrected chi connectivity index (χ3v) is 2.68. The molecular weight excluding hydrogens is 264 g/mol. The van der Waals surface area contributed by atoms with Gasteiger partial charge >= 0.3 is 12.1 Å². The lowest BCUT2D eigenvalue weighted by Crippen LogP contribution is -2.44. The first-order valence-corrected chi connectivity index (χ1v) is 6.49. The minimum atomic E-state index is -0.764. The van der Waals surface area contributed by atoms with Gasteiger partial charge in [-0.15, -0.1) is 0 Å². The zero-order valence-corrected chi connectivity index (χ0v) is 12.2. The molecule has 1 rings (SSSR count). The van der Waals surface area contributed by atoms with E-state index in [9.17, 15) is 9.59 Å². The van der Waals surface area contributed by atoms with E-state index < -0.39 is 29.7 Å². The van der Waals surface area contributed by atoms with Crippen LogP contribution in [0.2, 0.25) is 0 Å². The molecule has 1 amide bonds. The van der Waals surface area contributed by atoms with Crippen LogP contribution in [-0.2, 0) is 14.3 Å². The molecule has 20 heavy (non-hydrogen) atoms. The van der Waals surface area contributed by atoms with Crippen LogP contribution in [0, 0.1) is 0 Å². The van der Waals surface area contributed by atoms with Crippen molar-refractivity contribution in [1.29, 1.82) is 0 Å². The molecule has 2 atom stereocenters. The number of carbonyl (C=O) groups is 2. The van der Waals surface area contributed by atoms with Crippen molar-refractivity contribution in [1.82, 2.24) is 4.90 Å². The Balaban J connectivity index is 2.85. The molecular formula is C12H20N4O4. The summed E-state index contributed by atoms with van der Waals surface area (Å²) in [7, 11) is 0. The number of ether oxygens (including phenoxy) is 2. The number of hydrogen-bond acceptors (Lipinski definition) is 5. The molecule has 0 saturated carbocycles. The van der Waals surface area contributed by atoms with Crippen molar-refractivity contribution in [3.05, 3.63) is 10.4 Å². The second-order valence-corrected chi connectivity index (χ2v) is 5.49. The Hall–Kier alpha value is -1.95. The van der Waals surface area contributed by atoms with Crippen LogP contribution in [-0.4, -0.2) is 47.8 Å². The van der Waals surface area contributed by atoms with Crippen molar-refractivity contribution in [2.75, 3.05) is 13.2 Å². The molecule has 0 aliphatic carbocycles. The highest BCUT2D eigenvalue weighted by molar-refractivity contribution is 5.82. The number of nitrogens with zero attached hydrogens (tertiary/aromatic N) is 4. The quantitative estimate of drug-likeness (QED) is 0.343. The van der Waals surface area contributed by atoms with Gasteiger partial charge in [0.1, 0.15) is 11.6 Å². The van der Waals surface area contributed by atoms with Crippen LogP contribution in [0.5, 0.6) is 0 Å². The summed E-state index contributed by atoms with van der Waals surface area (Å²) in [5.41, 5.74) is 7.81. The lowest BCUT2D eigenvalue weighted by molar-refractivity contribution is -0.148. The third-order valence-electron chi connectivity index (χ3n) is 2.68. The van der Waals surface area contributed by atoms with Crippen LogP contribution in [0.3, 0.4) is 0 Å². The maximum atomic E-state index is 12.1. The second kappa shape index (κ2) is 6.47. The van der Waals surface area contributed by atoms with E-state index in [1.165, 1.54) is 4.90 Å². The molecule has 1 aliphatic rings. The maximum absolute atomic E-state index is 12.1. The van der Waals surface area contributed by atoms with Crippen molar-refractivity contribution < 1.29 is 19.1 Å². The highest BCUT2D eigenvalue weighted by atomic mass is 16.6. The number of azide groups is 1. The van der Waals surface area contributed by atoms with Crippen LogP contribution < -0.4 is 0 Å². The molecule has 0 N–H and O–H groups in total. The molecule has 1 heterocycles. The molecule has 1 aliphatic heterocycles. The summed E-state index contributed by atoms with van der Waals surface area (Å²) in [5, 5.41) is 3.57. The summed E-state index contributed by atoms with van der Waals surface area (Å²) >= 11 is 0. The van der Waals surface area contributed by atoms with Crippen LogP contribution in [0.1, 0.15) is 34.1 Å². The largest absolute Gasteiger partial charge is 0.464 e. The summed E-state index contributed by atoms with van der Waals surface area (Å²) in [6, 6.07) is -1.21. The van der Waals surface area contributed by atoms with Gasteiger partial charge < -0.3 is 9.47 Å². The number of rotatable bonds is 3. The number of esters is 1. The van der Waals surface area contributed by atoms with Crippen LogP contribution >= 0.6 is 0 Å². The van der Waals surface area contributed by atoms with Gasteiger partial charge in [-0.05, 0) is 39.6 Å². The SMILES string of the molecule is CCOC(=O)[C@@H]1CC(N=[N+]=[N-])CN1C(=O)OC(C)(C)C. The first-order chi connectivity index (χ1) is 9.28. The predicted molar refractivity (Wildman–Crippen MR) is 70.9 cm³/mol. The van der Waals surface area contributed by atoms with Gasteiger partial charge in [0.2, 0.25) is 0 Å². The lowest BCUT2D eigenvalue weighted by Gasteiger charge is -2.27. The highest BCUT2D eigenvalue weighted by Gasteiger charge is 2.41. The summed E-state index contributed by atoms with van der Waals surface area (Å²) in [5.74, 6) is -0.506. The van der Waals surface area contributed by atoms with Gasteiger partial charge in [-0.2, -0.15) is 0 Å². The lowest BCUT2D eigenvalue weighted by atomic mass is 10.2. The van der Waals surface area contributed by atoms with E-state index >= 15 is 0 Å². The molecule has 0 bridgehead atoms. The van der Waals surface area contributed by atoms with E-state index in [2.05, 4.69) is 10.0 Å². The van der Waals surface area contributed by atoms with E-state index in [0.29, 0.717) is 0 Å². The first-order valence-electron chi connectivity index (χ1n) is 6.49. The molecule has 0 spiro atoms. The fourth-order valence-electron chi connectivity index (χ4n) is 1.95. The second-order valence-electron chi connectivity index (χ2n) is 5.49. The van der Waals surface area contributed by atoms with E-state index in [-0.39, 0.29) is 19.6 Å². The molecule has 112 valence electrons. The Morgan fingerprint density at radius 1 is 1.45 bits per heavy atom. The van der Waals surface area contributed by atoms with Gasteiger partial charge in [0, 0.05) is 11.5 Å². The van der Waals surface area contributed by atoms with E-state index in [0.717, 1.165) is 0 Å². The minimum absolute atomic E-state index is 0.155.